The van der Waals surface area contributed by atoms with E-state index in [0.717, 1.165) is 5.69 Å². The number of amides is 2. The Morgan fingerprint density at radius 1 is 0.900 bits per heavy atom. The fraction of sp³-hybridized carbons (Fsp3) is 0.286. The zero-order valence-electron chi connectivity index (χ0n) is 16.3. The molecular formula is C21H21N5O4. The van der Waals surface area contributed by atoms with Crippen molar-refractivity contribution in [3.8, 4) is 0 Å². The van der Waals surface area contributed by atoms with Crippen LogP contribution in [0.4, 0.5) is 17.1 Å². The highest BCUT2D eigenvalue weighted by atomic mass is 16.6. The van der Waals surface area contributed by atoms with Gasteiger partial charge in [-0.1, -0.05) is 18.2 Å². The number of hydrogen-bond acceptors (Lipinski definition) is 6. The molecule has 0 unspecified atom stereocenters. The Kier molecular flexibility index (Phi) is 5.42. The number of benzene rings is 2. The highest BCUT2D eigenvalue weighted by molar-refractivity contribution is 6.40. The fourth-order valence-electron chi connectivity index (χ4n) is 3.61. The van der Waals surface area contributed by atoms with E-state index in [0.29, 0.717) is 44.0 Å². The maximum absolute atomic E-state index is 13.0. The van der Waals surface area contributed by atoms with Crippen LogP contribution in [0.5, 0.6) is 0 Å². The minimum Gasteiger partial charge on any atom is -0.368 e. The van der Waals surface area contributed by atoms with Crippen molar-refractivity contribution in [3.05, 3.63) is 64.7 Å². The van der Waals surface area contributed by atoms with Crippen molar-refractivity contribution >= 4 is 34.6 Å². The SMILES string of the molecule is O=C(C1=NN(c2ccccc2)C(=O)CC1)N1CCN(c2ccc([N+](=O)[O-])cc2)CC1. The van der Waals surface area contributed by atoms with Gasteiger partial charge in [-0.3, -0.25) is 19.7 Å². The number of non-ortho nitro benzene ring substituents is 1. The molecule has 2 aromatic rings. The number of para-hydroxylation sites is 1. The van der Waals surface area contributed by atoms with Crippen molar-refractivity contribution in [2.24, 2.45) is 5.10 Å². The first-order chi connectivity index (χ1) is 14.5. The monoisotopic (exact) mass is 407 g/mol. The van der Waals surface area contributed by atoms with Crippen LogP contribution >= 0.6 is 0 Å². The van der Waals surface area contributed by atoms with Gasteiger partial charge in [-0.05, 0) is 24.3 Å². The van der Waals surface area contributed by atoms with E-state index >= 15 is 0 Å². The van der Waals surface area contributed by atoms with Gasteiger partial charge in [0.25, 0.3) is 11.6 Å². The summed E-state index contributed by atoms with van der Waals surface area (Å²) in [5.41, 5.74) is 1.99. The molecule has 0 saturated carbocycles. The molecule has 0 atom stereocenters. The van der Waals surface area contributed by atoms with E-state index in [4.69, 9.17) is 0 Å². The number of nitro benzene ring substituents is 1. The van der Waals surface area contributed by atoms with E-state index in [9.17, 15) is 19.7 Å². The Balaban J connectivity index is 1.41. The van der Waals surface area contributed by atoms with Crippen LogP contribution in [-0.2, 0) is 9.59 Å². The van der Waals surface area contributed by atoms with Crippen molar-refractivity contribution in [3.63, 3.8) is 0 Å². The molecular weight excluding hydrogens is 386 g/mol. The Hall–Kier alpha value is -3.75. The standard InChI is InChI=1S/C21H21N5O4/c27-20-11-10-19(22-25(20)17-4-2-1-3-5-17)21(28)24-14-12-23(13-15-24)16-6-8-18(9-7-16)26(29)30/h1-9H,10-15H2. The lowest BCUT2D eigenvalue weighted by molar-refractivity contribution is -0.384. The fourth-order valence-corrected chi connectivity index (χ4v) is 3.61. The van der Waals surface area contributed by atoms with Crippen LogP contribution < -0.4 is 9.91 Å². The molecule has 0 aliphatic carbocycles. The first kappa shape index (κ1) is 19.6. The topological polar surface area (TPSA) is 99.4 Å². The quantitative estimate of drug-likeness (QED) is 0.573. The van der Waals surface area contributed by atoms with Crippen molar-refractivity contribution in [1.82, 2.24) is 4.90 Å². The number of hydrogen-bond donors (Lipinski definition) is 0. The molecule has 0 aromatic heterocycles. The van der Waals surface area contributed by atoms with Gasteiger partial charge in [-0.2, -0.15) is 5.10 Å². The van der Waals surface area contributed by atoms with E-state index in [-0.39, 0.29) is 23.9 Å². The van der Waals surface area contributed by atoms with Crippen LogP contribution in [0.3, 0.4) is 0 Å². The van der Waals surface area contributed by atoms with Gasteiger partial charge >= 0.3 is 0 Å². The average Bonchev–Trinajstić information content (AvgIpc) is 2.80. The van der Waals surface area contributed by atoms with Crippen molar-refractivity contribution in [2.75, 3.05) is 36.1 Å². The molecule has 0 spiro atoms. The number of piperazine rings is 1. The number of carbonyl (C=O) groups excluding carboxylic acids is 2. The molecule has 2 amide bonds. The molecule has 4 rings (SSSR count). The van der Waals surface area contributed by atoms with Crippen LogP contribution in [0.25, 0.3) is 0 Å². The van der Waals surface area contributed by atoms with Crippen LogP contribution in [-0.4, -0.2) is 53.5 Å². The summed E-state index contributed by atoms with van der Waals surface area (Å²) in [5, 5.41) is 16.5. The molecule has 30 heavy (non-hydrogen) atoms. The molecule has 2 aromatic carbocycles. The number of carbonyl (C=O) groups is 2. The molecule has 2 heterocycles. The van der Waals surface area contributed by atoms with Crippen molar-refractivity contribution in [1.29, 1.82) is 0 Å². The molecule has 2 aliphatic rings. The second-order valence-electron chi connectivity index (χ2n) is 7.14. The Labute approximate surface area is 173 Å². The number of nitrogens with zero attached hydrogens (tertiary/aromatic N) is 5. The maximum Gasteiger partial charge on any atom is 0.270 e. The lowest BCUT2D eigenvalue weighted by Crippen LogP contribution is -2.51. The van der Waals surface area contributed by atoms with Crippen LogP contribution in [0, 0.1) is 10.1 Å². The molecule has 9 heteroatoms. The summed E-state index contributed by atoms with van der Waals surface area (Å²) in [7, 11) is 0. The van der Waals surface area contributed by atoms with E-state index in [1.54, 1.807) is 29.2 Å². The van der Waals surface area contributed by atoms with Crippen molar-refractivity contribution in [2.45, 2.75) is 12.8 Å². The van der Waals surface area contributed by atoms with E-state index < -0.39 is 4.92 Å². The van der Waals surface area contributed by atoms with Gasteiger partial charge in [0, 0.05) is 56.8 Å². The summed E-state index contributed by atoms with van der Waals surface area (Å²) < 4.78 is 0. The second kappa shape index (κ2) is 8.32. The highest BCUT2D eigenvalue weighted by Gasteiger charge is 2.30. The number of anilines is 2. The molecule has 1 saturated heterocycles. The number of hydrazone groups is 1. The molecule has 0 bridgehead atoms. The van der Waals surface area contributed by atoms with Gasteiger partial charge in [0.05, 0.1) is 10.6 Å². The summed E-state index contributed by atoms with van der Waals surface area (Å²) >= 11 is 0. The summed E-state index contributed by atoms with van der Waals surface area (Å²) in [6.45, 7) is 2.29. The zero-order valence-corrected chi connectivity index (χ0v) is 16.3. The first-order valence-electron chi connectivity index (χ1n) is 9.77. The van der Waals surface area contributed by atoms with Crippen molar-refractivity contribution < 1.29 is 14.5 Å². The minimum absolute atomic E-state index is 0.0559. The average molecular weight is 407 g/mol. The van der Waals surface area contributed by atoms with Gasteiger partial charge in [-0.25, -0.2) is 5.01 Å². The molecule has 154 valence electrons. The summed E-state index contributed by atoms with van der Waals surface area (Å²) in [4.78, 5) is 39.4. The van der Waals surface area contributed by atoms with Gasteiger partial charge in [0.15, 0.2) is 0 Å². The summed E-state index contributed by atoms with van der Waals surface area (Å²) in [6, 6.07) is 15.5. The predicted molar refractivity (Wildman–Crippen MR) is 112 cm³/mol. The largest absolute Gasteiger partial charge is 0.368 e. The van der Waals surface area contributed by atoms with E-state index in [1.807, 2.05) is 18.2 Å². The van der Waals surface area contributed by atoms with Crippen LogP contribution in [0.15, 0.2) is 59.7 Å². The van der Waals surface area contributed by atoms with E-state index in [2.05, 4.69) is 10.0 Å². The van der Waals surface area contributed by atoms with Gasteiger partial charge < -0.3 is 9.80 Å². The van der Waals surface area contributed by atoms with E-state index in [1.165, 1.54) is 17.1 Å². The molecule has 1 fully saturated rings. The van der Waals surface area contributed by atoms with Gasteiger partial charge in [-0.15, -0.1) is 0 Å². The smallest absolute Gasteiger partial charge is 0.270 e. The van der Waals surface area contributed by atoms with Crippen LogP contribution in [0.1, 0.15) is 12.8 Å². The van der Waals surface area contributed by atoms with Gasteiger partial charge in [0.2, 0.25) is 5.91 Å². The third-order valence-corrected chi connectivity index (χ3v) is 5.27. The Morgan fingerprint density at radius 2 is 1.57 bits per heavy atom. The lowest BCUT2D eigenvalue weighted by atomic mass is 10.1. The summed E-state index contributed by atoms with van der Waals surface area (Å²) in [6.07, 6.45) is 0.589. The molecule has 0 radical (unpaired) electrons. The molecule has 2 aliphatic heterocycles. The normalized spacial score (nSPS) is 17.0. The van der Waals surface area contributed by atoms with Crippen LogP contribution in [0.2, 0.25) is 0 Å². The number of nitro groups is 1. The third kappa shape index (κ3) is 4.00. The Bertz CT molecular complexity index is 982. The Morgan fingerprint density at radius 3 is 2.20 bits per heavy atom. The maximum atomic E-state index is 13.0. The molecule has 9 nitrogen and oxygen atoms in total. The first-order valence-corrected chi connectivity index (χ1v) is 9.77. The highest BCUT2D eigenvalue weighted by Crippen LogP contribution is 2.23. The number of rotatable bonds is 4. The minimum atomic E-state index is -0.422. The third-order valence-electron chi connectivity index (χ3n) is 5.27. The second-order valence-corrected chi connectivity index (χ2v) is 7.14. The van der Waals surface area contributed by atoms with Gasteiger partial charge in [0.1, 0.15) is 5.71 Å². The molecule has 0 N–H and O–H groups in total. The zero-order chi connectivity index (χ0) is 21.1. The lowest BCUT2D eigenvalue weighted by Gasteiger charge is -2.36. The predicted octanol–water partition coefficient (Wildman–Crippen LogP) is 2.43. The summed E-state index contributed by atoms with van der Waals surface area (Å²) in [5.74, 6) is -0.271.